The van der Waals surface area contributed by atoms with Gasteiger partial charge in [-0.2, -0.15) is 5.26 Å². The van der Waals surface area contributed by atoms with Crippen molar-refractivity contribution >= 4 is 31.9 Å². The lowest BCUT2D eigenvalue weighted by Gasteiger charge is -2.13. The molecule has 0 spiro atoms. The number of ether oxygens (including phenoxy) is 1. The Morgan fingerprint density at radius 2 is 2.25 bits per heavy atom. The van der Waals surface area contributed by atoms with Crippen LogP contribution in [0.3, 0.4) is 0 Å². The summed E-state index contributed by atoms with van der Waals surface area (Å²) in [5.74, 6) is 0.334. The fourth-order valence-electron chi connectivity index (χ4n) is 1.06. The molecule has 0 aliphatic carbocycles. The highest BCUT2D eigenvalue weighted by atomic mass is 79.9. The summed E-state index contributed by atoms with van der Waals surface area (Å²) >= 11 is 5.65. The number of hydrogen-bond acceptors (Lipinski definition) is 2. The maximum absolute atomic E-state index is 13.5. The molecule has 0 saturated carbocycles. The molecule has 1 aromatic rings. The van der Waals surface area contributed by atoms with Gasteiger partial charge in [-0.25, -0.2) is 4.39 Å². The van der Waals surface area contributed by atoms with Crippen molar-refractivity contribution < 1.29 is 9.13 Å². The Labute approximate surface area is 110 Å². The maximum atomic E-state index is 13.5. The number of rotatable bonds is 4. The zero-order valence-corrected chi connectivity index (χ0v) is 11.4. The van der Waals surface area contributed by atoms with Crippen LogP contribution in [0, 0.1) is 11.3 Å². The SMILES string of the molecule is C=CCOc1cc(C(F)(Br)Br)ccc1C#N. The molecule has 16 heavy (non-hydrogen) atoms. The van der Waals surface area contributed by atoms with Gasteiger partial charge in [-0.3, -0.25) is 0 Å². The van der Waals surface area contributed by atoms with Gasteiger partial charge in [0.05, 0.1) is 5.56 Å². The minimum absolute atomic E-state index is 0.266. The fraction of sp³-hybridized carbons (Fsp3) is 0.182. The highest BCUT2D eigenvalue weighted by Gasteiger charge is 2.25. The van der Waals surface area contributed by atoms with Crippen LogP contribution in [0.1, 0.15) is 11.1 Å². The molecular formula is C11H8Br2FNO. The van der Waals surface area contributed by atoms with E-state index in [4.69, 9.17) is 10.00 Å². The summed E-state index contributed by atoms with van der Waals surface area (Å²) in [7, 11) is 0. The number of benzene rings is 1. The van der Waals surface area contributed by atoms with Crippen LogP contribution in [-0.2, 0) is 3.49 Å². The summed E-state index contributed by atoms with van der Waals surface area (Å²) in [6, 6.07) is 6.44. The van der Waals surface area contributed by atoms with Gasteiger partial charge in [0.1, 0.15) is 18.4 Å². The van der Waals surface area contributed by atoms with Gasteiger partial charge in [0.2, 0.25) is 3.49 Å². The number of nitriles is 1. The van der Waals surface area contributed by atoms with Crippen LogP contribution in [0.5, 0.6) is 5.75 Å². The van der Waals surface area contributed by atoms with E-state index in [1.807, 2.05) is 6.07 Å². The van der Waals surface area contributed by atoms with E-state index in [2.05, 4.69) is 38.4 Å². The Balaban J connectivity index is 3.12. The Morgan fingerprint density at radius 3 is 2.75 bits per heavy atom. The van der Waals surface area contributed by atoms with E-state index in [0.717, 1.165) is 0 Å². The van der Waals surface area contributed by atoms with E-state index < -0.39 is 3.49 Å². The smallest absolute Gasteiger partial charge is 0.244 e. The van der Waals surface area contributed by atoms with E-state index in [1.54, 1.807) is 6.08 Å². The summed E-state index contributed by atoms with van der Waals surface area (Å²) in [6.07, 6.45) is 1.55. The number of alkyl halides is 3. The first-order valence-electron chi connectivity index (χ1n) is 4.34. The summed E-state index contributed by atoms with van der Waals surface area (Å²) in [4.78, 5) is 0. The van der Waals surface area contributed by atoms with Crippen molar-refractivity contribution in [3.63, 3.8) is 0 Å². The van der Waals surface area contributed by atoms with Crippen LogP contribution in [-0.4, -0.2) is 6.61 Å². The molecule has 2 nitrogen and oxygen atoms in total. The average molecular weight is 349 g/mol. The first-order valence-corrected chi connectivity index (χ1v) is 5.92. The first-order chi connectivity index (χ1) is 7.49. The molecule has 0 saturated heterocycles. The van der Waals surface area contributed by atoms with Gasteiger partial charge in [0.25, 0.3) is 0 Å². The second kappa shape index (κ2) is 5.46. The predicted molar refractivity (Wildman–Crippen MR) is 67.5 cm³/mol. The fourth-order valence-corrected chi connectivity index (χ4v) is 1.55. The van der Waals surface area contributed by atoms with E-state index in [-0.39, 0.29) is 6.61 Å². The maximum Gasteiger partial charge on any atom is 0.244 e. The first kappa shape index (κ1) is 13.2. The van der Waals surface area contributed by atoms with Crippen molar-refractivity contribution in [2.24, 2.45) is 0 Å². The molecule has 0 unspecified atom stereocenters. The molecule has 0 bridgehead atoms. The van der Waals surface area contributed by atoms with Gasteiger partial charge < -0.3 is 4.74 Å². The van der Waals surface area contributed by atoms with Crippen molar-refractivity contribution in [3.8, 4) is 11.8 Å². The van der Waals surface area contributed by atoms with Crippen LogP contribution in [0.25, 0.3) is 0 Å². The van der Waals surface area contributed by atoms with Crippen molar-refractivity contribution in [3.05, 3.63) is 42.0 Å². The molecule has 0 heterocycles. The molecule has 84 valence electrons. The molecule has 1 aromatic carbocycles. The zero-order valence-electron chi connectivity index (χ0n) is 8.21. The van der Waals surface area contributed by atoms with E-state index in [1.165, 1.54) is 18.2 Å². The van der Waals surface area contributed by atoms with Crippen LogP contribution in [0.2, 0.25) is 0 Å². The van der Waals surface area contributed by atoms with Gasteiger partial charge in [-0.15, -0.1) is 0 Å². The Kier molecular flexibility index (Phi) is 4.51. The summed E-state index contributed by atoms with van der Waals surface area (Å²) in [5.41, 5.74) is 0.681. The topological polar surface area (TPSA) is 33.0 Å². The largest absolute Gasteiger partial charge is 0.488 e. The molecule has 0 aliphatic heterocycles. The average Bonchev–Trinajstić information content (AvgIpc) is 2.24. The third-order valence-electron chi connectivity index (χ3n) is 1.79. The Bertz CT molecular complexity index is 435. The third kappa shape index (κ3) is 3.32. The van der Waals surface area contributed by atoms with Crippen molar-refractivity contribution in [2.45, 2.75) is 3.49 Å². The van der Waals surface area contributed by atoms with Gasteiger partial charge in [-0.1, -0.05) is 18.7 Å². The molecule has 1 rings (SSSR count). The van der Waals surface area contributed by atoms with Crippen LogP contribution < -0.4 is 4.74 Å². The number of halogens is 3. The molecule has 0 N–H and O–H groups in total. The molecule has 0 aromatic heterocycles. The normalized spacial score (nSPS) is 10.6. The van der Waals surface area contributed by atoms with Crippen LogP contribution >= 0.6 is 31.9 Å². The Hall–Kier alpha value is -0.860. The van der Waals surface area contributed by atoms with Crippen molar-refractivity contribution in [1.82, 2.24) is 0 Å². The van der Waals surface area contributed by atoms with E-state index in [0.29, 0.717) is 16.9 Å². The number of hydrogen-bond donors (Lipinski definition) is 0. The zero-order chi connectivity index (χ0) is 12.2. The quantitative estimate of drug-likeness (QED) is 0.608. The van der Waals surface area contributed by atoms with Crippen molar-refractivity contribution in [1.29, 1.82) is 5.26 Å². The summed E-state index contributed by atoms with van der Waals surface area (Å²) < 4.78 is 17.0. The second-order valence-electron chi connectivity index (χ2n) is 2.92. The van der Waals surface area contributed by atoms with Crippen molar-refractivity contribution in [2.75, 3.05) is 6.61 Å². The van der Waals surface area contributed by atoms with Gasteiger partial charge in [-0.05, 0) is 44.0 Å². The second-order valence-corrected chi connectivity index (χ2v) is 6.17. The molecule has 0 aliphatic rings. The summed E-state index contributed by atoms with van der Waals surface area (Å²) in [5, 5.41) is 8.84. The highest BCUT2D eigenvalue weighted by Crippen LogP contribution is 2.41. The van der Waals surface area contributed by atoms with Gasteiger partial charge in [0.15, 0.2) is 0 Å². The standard InChI is InChI=1S/C11H8Br2FNO/c1-2-5-16-10-6-9(11(12,13)14)4-3-8(10)7-15/h2-4,6H,1,5H2. The van der Waals surface area contributed by atoms with E-state index >= 15 is 0 Å². The molecule has 0 atom stereocenters. The minimum atomic E-state index is -1.82. The molecule has 0 radical (unpaired) electrons. The Morgan fingerprint density at radius 1 is 1.56 bits per heavy atom. The lowest BCUT2D eigenvalue weighted by Crippen LogP contribution is -2.02. The van der Waals surface area contributed by atoms with E-state index in [9.17, 15) is 4.39 Å². The number of nitrogens with zero attached hydrogens (tertiary/aromatic N) is 1. The molecule has 5 heteroatoms. The highest BCUT2D eigenvalue weighted by molar-refractivity contribution is 9.24. The third-order valence-corrected chi connectivity index (χ3v) is 2.70. The van der Waals surface area contributed by atoms with Gasteiger partial charge >= 0.3 is 0 Å². The van der Waals surface area contributed by atoms with Crippen LogP contribution in [0.4, 0.5) is 4.39 Å². The monoisotopic (exact) mass is 347 g/mol. The lowest BCUT2D eigenvalue weighted by atomic mass is 10.1. The molecule has 0 amide bonds. The van der Waals surface area contributed by atoms with Crippen LogP contribution in [0.15, 0.2) is 30.9 Å². The lowest BCUT2D eigenvalue weighted by molar-refractivity contribution is 0.360. The summed E-state index contributed by atoms with van der Waals surface area (Å²) in [6.45, 7) is 3.77. The van der Waals surface area contributed by atoms with Gasteiger partial charge in [0, 0.05) is 5.56 Å². The minimum Gasteiger partial charge on any atom is -0.488 e. The predicted octanol–water partition coefficient (Wildman–Crippen LogP) is 3.99. The molecular weight excluding hydrogens is 341 g/mol. The molecule has 0 fully saturated rings.